The molecule has 0 aliphatic rings. The quantitative estimate of drug-likeness (QED) is 0.315. The van der Waals surface area contributed by atoms with Crippen LogP contribution in [0.2, 0.25) is 0 Å². The third-order valence-corrected chi connectivity index (χ3v) is 6.18. The van der Waals surface area contributed by atoms with E-state index in [0.717, 1.165) is 0 Å². The van der Waals surface area contributed by atoms with Crippen molar-refractivity contribution in [1.29, 1.82) is 0 Å². The zero-order chi connectivity index (χ0) is 23.2. The Bertz CT molecular complexity index is 1260. The first-order chi connectivity index (χ1) is 16.1. The lowest BCUT2D eigenvalue weighted by Crippen LogP contribution is -2.26. The van der Waals surface area contributed by atoms with Crippen molar-refractivity contribution >= 4 is 34.5 Å². The summed E-state index contributed by atoms with van der Waals surface area (Å²) in [6.07, 6.45) is 2.21. The molecule has 4 rings (SSSR count). The first-order valence-electron chi connectivity index (χ1n) is 10.8. The molecule has 6 nitrogen and oxygen atoms in total. The van der Waals surface area contributed by atoms with Crippen LogP contribution in [0.5, 0.6) is 5.75 Å². The van der Waals surface area contributed by atoms with Crippen LogP contribution in [0.15, 0.2) is 72.0 Å². The van der Waals surface area contributed by atoms with Crippen molar-refractivity contribution < 1.29 is 13.9 Å². The Kier molecular flexibility index (Phi) is 7.24. The number of halogens is 1. The average molecular weight is 465 g/mol. The lowest BCUT2D eigenvalue weighted by molar-refractivity contribution is -0.119. The zero-order valence-electron chi connectivity index (χ0n) is 18.5. The summed E-state index contributed by atoms with van der Waals surface area (Å²) in [6, 6.07) is 17.1. The van der Waals surface area contributed by atoms with E-state index in [1.54, 1.807) is 18.3 Å². The number of amides is 1. The third kappa shape index (κ3) is 5.01. The molecule has 33 heavy (non-hydrogen) atoms. The number of hydrogen-bond acceptors (Lipinski definition) is 5. The molecule has 4 aromatic rings. The Morgan fingerprint density at radius 1 is 1.12 bits per heavy atom. The van der Waals surface area contributed by atoms with E-state index < -0.39 is 6.04 Å². The molecule has 1 N–H and O–H groups in total. The van der Waals surface area contributed by atoms with E-state index in [4.69, 9.17) is 9.72 Å². The van der Waals surface area contributed by atoms with Crippen LogP contribution in [0.3, 0.4) is 0 Å². The highest BCUT2D eigenvalue weighted by Gasteiger charge is 2.26. The zero-order valence-corrected chi connectivity index (χ0v) is 19.3. The summed E-state index contributed by atoms with van der Waals surface area (Å²) < 4.78 is 21.7. The van der Waals surface area contributed by atoms with E-state index in [1.165, 1.54) is 17.8 Å². The number of ether oxygens (including phenoxy) is 1. The maximum Gasteiger partial charge on any atom is 0.247 e. The van der Waals surface area contributed by atoms with E-state index in [-0.39, 0.29) is 11.7 Å². The van der Waals surface area contributed by atoms with Crippen LogP contribution < -0.4 is 10.1 Å². The standard InChI is InChI=1S/C25H25FN4O2S/c1-3-21(24(31)28-19-12-7-8-14-22(19)32-4-2)30-23-20(13-9-15-27-23)29-25(30)33-16-17-10-5-6-11-18(17)26/h5-15,21H,3-4,16H2,1-2H3,(H,28,31). The van der Waals surface area contributed by atoms with E-state index in [1.807, 2.05) is 60.9 Å². The van der Waals surface area contributed by atoms with Gasteiger partial charge in [-0.15, -0.1) is 0 Å². The van der Waals surface area contributed by atoms with Gasteiger partial charge in [-0.3, -0.25) is 9.36 Å². The highest BCUT2D eigenvalue weighted by molar-refractivity contribution is 7.98. The fraction of sp³-hybridized carbons (Fsp3) is 0.240. The molecule has 0 saturated heterocycles. The minimum Gasteiger partial charge on any atom is -0.492 e. The summed E-state index contributed by atoms with van der Waals surface area (Å²) in [7, 11) is 0. The predicted molar refractivity (Wildman–Crippen MR) is 129 cm³/mol. The summed E-state index contributed by atoms with van der Waals surface area (Å²) in [5.41, 5.74) is 2.50. The van der Waals surface area contributed by atoms with Gasteiger partial charge < -0.3 is 10.1 Å². The first-order valence-corrected chi connectivity index (χ1v) is 11.8. The summed E-state index contributed by atoms with van der Waals surface area (Å²) in [6.45, 7) is 4.34. The van der Waals surface area contributed by atoms with Crippen molar-refractivity contribution in [2.45, 2.75) is 37.2 Å². The summed E-state index contributed by atoms with van der Waals surface area (Å²) in [4.78, 5) is 22.6. The van der Waals surface area contributed by atoms with Crippen LogP contribution in [0, 0.1) is 5.82 Å². The average Bonchev–Trinajstić information content (AvgIpc) is 3.19. The molecule has 0 radical (unpaired) electrons. The molecule has 8 heteroatoms. The normalized spacial score (nSPS) is 12.0. The molecule has 170 valence electrons. The molecule has 2 heterocycles. The van der Waals surface area contributed by atoms with E-state index in [9.17, 15) is 9.18 Å². The molecular weight excluding hydrogens is 439 g/mol. The number of nitrogens with zero attached hydrogens (tertiary/aromatic N) is 3. The number of benzene rings is 2. The number of anilines is 1. The van der Waals surface area contributed by atoms with Gasteiger partial charge in [0, 0.05) is 11.9 Å². The molecule has 0 aliphatic heterocycles. The van der Waals surface area contributed by atoms with Gasteiger partial charge in [0.1, 0.15) is 23.1 Å². The van der Waals surface area contributed by atoms with Crippen LogP contribution in [-0.2, 0) is 10.5 Å². The molecule has 0 spiro atoms. The molecule has 2 aromatic carbocycles. The smallest absolute Gasteiger partial charge is 0.247 e. The van der Waals surface area contributed by atoms with Crippen LogP contribution in [0.25, 0.3) is 11.2 Å². The van der Waals surface area contributed by atoms with Gasteiger partial charge in [0.05, 0.1) is 12.3 Å². The highest BCUT2D eigenvalue weighted by atomic mass is 32.2. The number of rotatable bonds is 9. The molecule has 0 saturated carbocycles. The minimum atomic E-state index is -0.553. The Hall–Kier alpha value is -3.39. The number of para-hydroxylation sites is 2. The van der Waals surface area contributed by atoms with Crippen molar-refractivity contribution in [2.24, 2.45) is 0 Å². The van der Waals surface area contributed by atoms with E-state index in [2.05, 4.69) is 10.3 Å². The minimum absolute atomic E-state index is 0.192. The second-order valence-electron chi connectivity index (χ2n) is 7.33. The predicted octanol–water partition coefficient (Wildman–Crippen LogP) is 5.85. The summed E-state index contributed by atoms with van der Waals surface area (Å²) in [5.74, 6) is 0.553. The number of thioether (sulfide) groups is 1. The second kappa shape index (κ2) is 10.5. The summed E-state index contributed by atoms with van der Waals surface area (Å²) >= 11 is 1.39. The lowest BCUT2D eigenvalue weighted by atomic mass is 10.2. The highest BCUT2D eigenvalue weighted by Crippen LogP contribution is 2.32. The van der Waals surface area contributed by atoms with Gasteiger partial charge >= 0.3 is 0 Å². The van der Waals surface area contributed by atoms with Gasteiger partial charge in [-0.1, -0.05) is 49.0 Å². The van der Waals surface area contributed by atoms with E-state index in [0.29, 0.717) is 52.1 Å². The largest absolute Gasteiger partial charge is 0.492 e. The topological polar surface area (TPSA) is 69.0 Å². The fourth-order valence-electron chi connectivity index (χ4n) is 3.60. The number of nitrogens with one attached hydrogen (secondary N) is 1. The monoisotopic (exact) mass is 464 g/mol. The Labute approximate surface area is 196 Å². The summed E-state index contributed by atoms with van der Waals surface area (Å²) in [5, 5.41) is 3.62. The second-order valence-corrected chi connectivity index (χ2v) is 8.28. The number of imidazole rings is 1. The SMILES string of the molecule is CCOc1ccccc1NC(=O)C(CC)n1c(SCc2ccccc2F)nc2cccnc21. The van der Waals surface area contributed by atoms with Crippen molar-refractivity contribution in [3.8, 4) is 5.75 Å². The number of carbonyl (C=O) groups is 1. The number of hydrogen-bond donors (Lipinski definition) is 1. The third-order valence-electron chi connectivity index (χ3n) is 5.18. The van der Waals surface area contributed by atoms with Crippen molar-refractivity contribution in [3.05, 3.63) is 78.2 Å². The van der Waals surface area contributed by atoms with Gasteiger partial charge in [-0.2, -0.15) is 0 Å². The molecule has 0 aliphatic carbocycles. The fourth-order valence-corrected chi connectivity index (χ4v) is 4.64. The van der Waals surface area contributed by atoms with E-state index >= 15 is 0 Å². The van der Waals surface area contributed by atoms with Crippen molar-refractivity contribution in [3.63, 3.8) is 0 Å². The van der Waals surface area contributed by atoms with Gasteiger partial charge in [0.2, 0.25) is 5.91 Å². The van der Waals surface area contributed by atoms with Crippen LogP contribution >= 0.6 is 11.8 Å². The number of carbonyl (C=O) groups excluding carboxylic acids is 1. The molecule has 1 amide bonds. The van der Waals surface area contributed by atoms with Gasteiger partial charge in [0.15, 0.2) is 10.8 Å². The number of pyridine rings is 1. The molecular formula is C25H25FN4O2S. The van der Waals surface area contributed by atoms with Crippen molar-refractivity contribution in [1.82, 2.24) is 14.5 Å². The lowest BCUT2D eigenvalue weighted by Gasteiger charge is -2.20. The van der Waals surface area contributed by atoms with Crippen LogP contribution in [-0.4, -0.2) is 27.0 Å². The molecule has 0 bridgehead atoms. The molecule has 0 fully saturated rings. The first kappa shape index (κ1) is 22.8. The molecule has 1 atom stereocenters. The van der Waals surface area contributed by atoms with Gasteiger partial charge in [0.25, 0.3) is 0 Å². The van der Waals surface area contributed by atoms with Crippen LogP contribution in [0.1, 0.15) is 31.9 Å². The maximum absolute atomic E-state index is 14.2. The van der Waals surface area contributed by atoms with Crippen molar-refractivity contribution in [2.75, 3.05) is 11.9 Å². The van der Waals surface area contributed by atoms with Gasteiger partial charge in [-0.25, -0.2) is 14.4 Å². The maximum atomic E-state index is 14.2. The number of aromatic nitrogens is 3. The molecule has 2 aromatic heterocycles. The molecule has 1 unspecified atom stereocenters. The Balaban J connectivity index is 1.67. The number of fused-ring (bicyclic) bond motifs is 1. The Morgan fingerprint density at radius 2 is 1.91 bits per heavy atom. The van der Waals surface area contributed by atoms with Gasteiger partial charge in [-0.05, 0) is 49.2 Å². The Morgan fingerprint density at radius 3 is 2.70 bits per heavy atom. The van der Waals surface area contributed by atoms with Crippen LogP contribution in [0.4, 0.5) is 10.1 Å².